The summed E-state index contributed by atoms with van der Waals surface area (Å²) < 4.78 is 1.68. The first kappa shape index (κ1) is 34.0. The molecular weight excluding hydrogens is 556 g/mol. The average Bonchev–Trinajstić information content (AvgIpc) is 3.63. The topological polar surface area (TPSA) is 58.4 Å². The maximum absolute atomic E-state index is 12.7. The summed E-state index contributed by atoms with van der Waals surface area (Å²) in [5, 5.41) is 0.664. The zero-order valence-corrected chi connectivity index (χ0v) is 28.5. The van der Waals surface area contributed by atoms with Gasteiger partial charge in [0.15, 0.2) is 0 Å². The molecule has 0 bridgehead atoms. The molecule has 0 radical (unpaired) electrons. The third kappa shape index (κ3) is 8.62. The number of anilines is 1. The Kier molecular flexibility index (Phi) is 11.6. The van der Waals surface area contributed by atoms with Crippen LogP contribution in [-0.2, 0) is 4.79 Å². The highest BCUT2D eigenvalue weighted by Gasteiger charge is 2.43. The summed E-state index contributed by atoms with van der Waals surface area (Å²) in [6.07, 6.45) is 7.52. The number of unbranched alkanes of at least 4 members (excludes halogenated alkanes) is 1. The minimum absolute atomic E-state index is 0.0122. The summed E-state index contributed by atoms with van der Waals surface area (Å²) in [4.78, 5) is 32.6. The molecule has 4 aromatic rings. The van der Waals surface area contributed by atoms with Gasteiger partial charge in [-0.15, -0.1) is 0 Å². The molecule has 3 aromatic carbocycles. The SMILES string of the molecule is CCCCC(C)C.Cc1cccc(-n2c(C)nc3c(C)cccc3c2=O)c1.Cc1cccc(N2CCC3(CCN(C=O)C3)C2)c1. The van der Waals surface area contributed by atoms with Crippen LogP contribution >= 0.6 is 0 Å². The molecule has 6 rings (SSSR count). The average molecular weight is 609 g/mol. The fourth-order valence-electron chi connectivity index (χ4n) is 6.52. The first-order chi connectivity index (χ1) is 21.6. The quantitative estimate of drug-likeness (QED) is 0.207. The van der Waals surface area contributed by atoms with E-state index in [9.17, 15) is 9.59 Å². The van der Waals surface area contributed by atoms with Gasteiger partial charge in [0.25, 0.3) is 5.56 Å². The molecule has 1 aromatic heterocycles. The highest BCUT2D eigenvalue weighted by molar-refractivity contribution is 5.81. The van der Waals surface area contributed by atoms with Crippen molar-refractivity contribution >= 4 is 23.0 Å². The molecule has 2 fully saturated rings. The van der Waals surface area contributed by atoms with E-state index in [1.165, 1.54) is 36.9 Å². The Morgan fingerprint density at radius 1 is 0.867 bits per heavy atom. The van der Waals surface area contributed by atoms with Crippen LogP contribution < -0.4 is 10.5 Å². The van der Waals surface area contributed by atoms with Crippen LogP contribution in [0.25, 0.3) is 16.6 Å². The van der Waals surface area contributed by atoms with Gasteiger partial charge in [0.1, 0.15) is 5.82 Å². The Labute approximate surface area is 270 Å². The fourth-order valence-corrected chi connectivity index (χ4v) is 6.52. The Morgan fingerprint density at radius 2 is 1.51 bits per heavy atom. The van der Waals surface area contributed by atoms with E-state index in [1.54, 1.807) is 4.57 Å². The van der Waals surface area contributed by atoms with Crippen molar-refractivity contribution in [1.29, 1.82) is 0 Å². The second kappa shape index (κ2) is 15.4. The maximum atomic E-state index is 12.7. The molecule has 240 valence electrons. The van der Waals surface area contributed by atoms with Crippen molar-refractivity contribution in [3.05, 3.63) is 99.6 Å². The monoisotopic (exact) mass is 608 g/mol. The predicted octanol–water partition coefficient (Wildman–Crippen LogP) is 8.20. The zero-order valence-electron chi connectivity index (χ0n) is 28.5. The number of nitrogens with zero attached hydrogens (tertiary/aromatic N) is 4. The lowest BCUT2D eigenvalue weighted by Gasteiger charge is -2.24. The predicted molar refractivity (Wildman–Crippen MR) is 189 cm³/mol. The van der Waals surface area contributed by atoms with Crippen LogP contribution in [-0.4, -0.2) is 47.0 Å². The van der Waals surface area contributed by atoms with Crippen molar-refractivity contribution in [2.75, 3.05) is 31.1 Å². The summed E-state index contributed by atoms with van der Waals surface area (Å²) in [6.45, 7) is 18.9. The minimum atomic E-state index is -0.0122. The van der Waals surface area contributed by atoms with E-state index in [4.69, 9.17) is 0 Å². The number of likely N-dealkylation sites (tertiary alicyclic amines) is 1. The normalized spacial score (nSPS) is 17.3. The number of benzene rings is 3. The van der Waals surface area contributed by atoms with Gasteiger partial charge in [-0.05, 0) is 93.5 Å². The fraction of sp³-hybridized carbons (Fsp3) is 0.462. The highest BCUT2D eigenvalue weighted by Crippen LogP contribution is 2.40. The Balaban J connectivity index is 0.000000171. The standard InChI is InChI=1S/C17H16N2O.C15H20N2O.C7H16/c1-11-6-4-8-14(10-11)19-13(3)18-16-12(2)7-5-9-15(16)17(19)20;1-13-3-2-4-14(9-13)17-8-6-15(11-17)5-7-16(10-15)12-18;1-4-5-6-7(2)3/h4-10H,1-3H3;2-4,9,12H,5-8,10-11H2,1H3;7H,4-6H2,1-3H3. The number of aryl methyl sites for hydroxylation is 4. The van der Waals surface area contributed by atoms with Gasteiger partial charge in [-0.3, -0.25) is 14.2 Å². The van der Waals surface area contributed by atoms with Crippen LogP contribution in [0.3, 0.4) is 0 Å². The molecule has 1 atom stereocenters. The second-order valence-electron chi connectivity index (χ2n) is 13.5. The number of hydrogen-bond donors (Lipinski definition) is 0. The lowest BCUT2D eigenvalue weighted by Crippen LogP contribution is -2.30. The van der Waals surface area contributed by atoms with E-state index in [2.05, 4.69) is 61.8 Å². The number of amides is 1. The molecule has 0 aliphatic carbocycles. The zero-order chi connectivity index (χ0) is 32.6. The maximum Gasteiger partial charge on any atom is 0.265 e. The van der Waals surface area contributed by atoms with E-state index in [0.717, 1.165) is 67.3 Å². The number of aromatic nitrogens is 2. The molecule has 1 spiro atoms. The molecule has 2 aliphatic rings. The van der Waals surface area contributed by atoms with Crippen LogP contribution in [0.2, 0.25) is 0 Å². The Hall–Kier alpha value is -3.93. The van der Waals surface area contributed by atoms with Gasteiger partial charge in [0.05, 0.1) is 16.6 Å². The van der Waals surface area contributed by atoms with Gasteiger partial charge < -0.3 is 9.80 Å². The smallest absolute Gasteiger partial charge is 0.265 e. The third-order valence-corrected chi connectivity index (χ3v) is 9.09. The number of para-hydroxylation sites is 1. The Bertz CT molecular complexity index is 1640. The first-order valence-corrected chi connectivity index (χ1v) is 16.6. The molecule has 2 aliphatic heterocycles. The largest absolute Gasteiger partial charge is 0.371 e. The van der Waals surface area contributed by atoms with Crippen molar-refractivity contribution in [3.63, 3.8) is 0 Å². The molecule has 2 saturated heterocycles. The van der Waals surface area contributed by atoms with E-state index in [0.29, 0.717) is 16.6 Å². The van der Waals surface area contributed by atoms with E-state index < -0.39 is 0 Å². The first-order valence-electron chi connectivity index (χ1n) is 16.6. The molecule has 45 heavy (non-hydrogen) atoms. The molecule has 6 nitrogen and oxygen atoms in total. The van der Waals surface area contributed by atoms with E-state index in [1.807, 2.05) is 68.1 Å². The number of hydrogen-bond acceptors (Lipinski definition) is 4. The van der Waals surface area contributed by atoms with Gasteiger partial charge in [0.2, 0.25) is 6.41 Å². The molecule has 6 heteroatoms. The van der Waals surface area contributed by atoms with Gasteiger partial charge in [-0.2, -0.15) is 0 Å². The molecule has 3 heterocycles. The molecule has 1 unspecified atom stereocenters. The van der Waals surface area contributed by atoms with E-state index >= 15 is 0 Å². The minimum Gasteiger partial charge on any atom is -0.371 e. The highest BCUT2D eigenvalue weighted by atomic mass is 16.1. The summed E-state index contributed by atoms with van der Waals surface area (Å²) in [5.41, 5.74) is 6.79. The molecule has 0 N–H and O–H groups in total. The second-order valence-corrected chi connectivity index (χ2v) is 13.5. The Morgan fingerprint density at radius 3 is 2.11 bits per heavy atom. The van der Waals surface area contributed by atoms with Crippen molar-refractivity contribution in [1.82, 2.24) is 14.5 Å². The van der Waals surface area contributed by atoms with Crippen molar-refractivity contribution < 1.29 is 4.79 Å². The van der Waals surface area contributed by atoms with Crippen LogP contribution in [0.1, 0.15) is 75.4 Å². The van der Waals surface area contributed by atoms with Gasteiger partial charge in [0, 0.05) is 37.3 Å². The van der Waals surface area contributed by atoms with Gasteiger partial charge >= 0.3 is 0 Å². The molecular formula is C39H52N4O2. The van der Waals surface area contributed by atoms with Crippen molar-refractivity contribution in [2.24, 2.45) is 11.3 Å². The van der Waals surface area contributed by atoms with Gasteiger partial charge in [-0.1, -0.05) is 76.4 Å². The van der Waals surface area contributed by atoms with Crippen LogP contribution in [0.5, 0.6) is 0 Å². The summed E-state index contributed by atoms with van der Waals surface area (Å²) in [7, 11) is 0. The van der Waals surface area contributed by atoms with Crippen molar-refractivity contribution in [3.8, 4) is 5.69 Å². The number of fused-ring (bicyclic) bond motifs is 1. The molecule has 0 saturated carbocycles. The summed E-state index contributed by atoms with van der Waals surface area (Å²) in [6, 6.07) is 22.3. The van der Waals surface area contributed by atoms with Crippen LogP contribution in [0.15, 0.2) is 71.5 Å². The third-order valence-electron chi connectivity index (χ3n) is 9.09. The number of carbonyl (C=O) groups excluding carboxylic acids is 1. The lowest BCUT2D eigenvalue weighted by molar-refractivity contribution is -0.117. The number of rotatable bonds is 6. The van der Waals surface area contributed by atoms with E-state index in [-0.39, 0.29) is 5.56 Å². The summed E-state index contributed by atoms with van der Waals surface area (Å²) >= 11 is 0. The summed E-state index contributed by atoms with van der Waals surface area (Å²) in [5.74, 6) is 1.61. The lowest BCUT2D eigenvalue weighted by atomic mass is 9.86. The van der Waals surface area contributed by atoms with Gasteiger partial charge in [-0.25, -0.2) is 4.98 Å². The van der Waals surface area contributed by atoms with Crippen LogP contribution in [0, 0.1) is 39.0 Å². The van der Waals surface area contributed by atoms with Crippen molar-refractivity contribution in [2.45, 2.75) is 80.6 Å². The molecule has 1 amide bonds. The number of carbonyl (C=O) groups is 1. The van der Waals surface area contributed by atoms with Crippen LogP contribution in [0.4, 0.5) is 5.69 Å².